The van der Waals surface area contributed by atoms with Crippen LogP contribution in [0.1, 0.15) is 19.3 Å². The first-order valence-corrected chi connectivity index (χ1v) is 3.51. The molecule has 0 aliphatic carbocycles. The zero-order valence-corrected chi connectivity index (χ0v) is 6.73. The summed E-state index contributed by atoms with van der Waals surface area (Å²) in [6.45, 7) is 0. The molecule has 0 spiro atoms. The number of nitrogens with two attached hydrogens (primary N) is 2. The van der Waals surface area contributed by atoms with Crippen LogP contribution >= 0.6 is 24.4 Å². The van der Waals surface area contributed by atoms with E-state index in [1.165, 1.54) is 0 Å². The summed E-state index contributed by atoms with van der Waals surface area (Å²) in [5.74, 6) is 0. The minimum Gasteiger partial charge on any atom is -0.393 e. The molecule has 0 aromatic heterocycles. The van der Waals surface area contributed by atoms with Crippen LogP contribution in [0.4, 0.5) is 0 Å². The number of thiocarbonyl (C=S) groups is 2. The summed E-state index contributed by atoms with van der Waals surface area (Å²) in [6.07, 6.45) is 2.37. The Morgan fingerprint density at radius 3 is 1.56 bits per heavy atom. The molecule has 0 saturated heterocycles. The molecule has 0 aliphatic rings. The van der Waals surface area contributed by atoms with Gasteiger partial charge in [-0.05, 0) is 19.3 Å². The van der Waals surface area contributed by atoms with E-state index < -0.39 is 0 Å². The van der Waals surface area contributed by atoms with Crippen molar-refractivity contribution in [1.82, 2.24) is 0 Å². The van der Waals surface area contributed by atoms with Gasteiger partial charge in [0.1, 0.15) is 0 Å². The zero-order valence-electron chi connectivity index (χ0n) is 5.09. The average molecular weight is 162 g/mol. The Labute approximate surface area is 65.6 Å². The van der Waals surface area contributed by atoms with Crippen LogP contribution in [0.5, 0.6) is 0 Å². The monoisotopic (exact) mass is 162 g/mol. The highest BCUT2D eigenvalue weighted by Crippen LogP contribution is 1.94. The molecular weight excluding hydrogens is 152 g/mol. The first kappa shape index (κ1) is 8.78. The quantitative estimate of drug-likeness (QED) is 0.598. The van der Waals surface area contributed by atoms with Gasteiger partial charge in [-0.15, -0.1) is 0 Å². The van der Waals surface area contributed by atoms with Gasteiger partial charge in [0.15, 0.2) is 0 Å². The molecule has 0 rings (SSSR count). The Bertz CT molecular complexity index is 108. The topological polar surface area (TPSA) is 52.0 Å². The Morgan fingerprint density at radius 1 is 1.00 bits per heavy atom. The van der Waals surface area contributed by atoms with E-state index in [1.807, 2.05) is 0 Å². The number of hydrogen-bond acceptors (Lipinski definition) is 2. The number of hydrogen-bond donors (Lipinski definition) is 2. The van der Waals surface area contributed by atoms with Gasteiger partial charge in [-0.1, -0.05) is 24.4 Å². The van der Waals surface area contributed by atoms with Crippen LogP contribution in [0.25, 0.3) is 0 Å². The summed E-state index contributed by atoms with van der Waals surface area (Å²) in [5, 5.41) is 0. The second kappa shape index (κ2) is 4.64. The fraction of sp³-hybridized carbons (Fsp3) is 0.600. The van der Waals surface area contributed by atoms with E-state index in [2.05, 4.69) is 24.4 Å². The molecule has 0 aliphatic heterocycles. The molecule has 0 aromatic carbocycles. The van der Waals surface area contributed by atoms with Gasteiger partial charge in [0.2, 0.25) is 0 Å². The first-order valence-electron chi connectivity index (χ1n) is 2.69. The summed E-state index contributed by atoms with van der Waals surface area (Å²) >= 11 is 9.28. The van der Waals surface area contributed by atoms with E-state index in [1.54, 1.807) is 0 Å². The molecule has 0 saturated carbocycles. The minimum atomic E-state index is 0.534. The maximum Gasteiger partial charge on any atom is 0.0727 e. The van der Waals surface area contributed by atoms with E-state index >= 15 is 0 Å². The minimum absolute atomic E-state index is 0.534. The number of rotatable bonds is 4. The Hall–Kier alpha value is -0.220. The van der Waals surface area contributed by atoms with Gasteiger partial charge in [0.05, 0.1) is 9.98 Å². The predicted molar refractivity (Wildman–Crippen MR) is 47.4 cm³/mol. The summed E-state index contributed by atoms with van der Waals surface area (Å²) < 4.78 is 0. The van der Waals surface area contributed by atoms with Crippen molar-refractivity contribution in [3.05, 3.63) is 0 Å². The van der Waals surface area contributed by atoms with Crippen LogP contribution in [-0.2, 0) is 0 Å². The normalized spacial score (nSPS) is 8.89. The molecule has 52 valence electrons. The summed E-state index contributed by atoms with van der Waals surface area (Å²) in [6, 6.07) is 0. The largest absolute Gasteiger partial charge is 0.393 e. The lowest BCUT2D eigenvalue weighted by atomic mass is 10.2. The highest BCUT2D eigenvalue weighted by molar-refractivity contribution is 7.80. The first-order chi connectivity index (χ1) is 4.13. The third-order valence-electron chi connectivity index (χ3n) is 0.846. The van der Waals surface area contributed by atoms with E-state index in [0.717, 1.165) is 19.3 Å². The molecule has 0 radical (unpaired) electrons. The van der Waals surface area contributed by atoms with E-state index in [9.17, 15) is 0 Å². The summed E-state index contributed by atoms with van der Waals surface area (Å²) in [4.78, 5) is 1.07. The van der Waals surface area contributed by atoms with E-state index in [-0.39, 0.29) is 0 Å². The van der Waals surface area contributed by atoms with Crippen LogP contribution in [0.2, 0.25) is 0 Å². The molecule has 4 N–H and O–H groups in total. The van der Waals surface area contributed by atoms with Gasteiger partial charge in [0, 0.05) is 0 Å². The second-order valence-corrected chi connectivity index (χ2v) is 2.83. The third-order valence-corrected chi connectivity index (χ3v) is 1.25. The van der Waals surface area contributed by atoms with Gasteiger partial charge in [0.25, 0.3) is 0 Å². The molecule has 9 heavy (non-hydrogen) atoms. The van der Waals surface area contributed by atoms with Crippen molar-refractivity contribution >= 4 is 34.4 Å². The van der Waals surface area contributed by atoms with Gasteiger partial charge >= 0.3 is 0 Å². The second-order valence-electron chi connectivity index (χ2n) is 1.79. The van der Waals surface area contributed by atoms with Gasteiger partial charge in [-0.25, -0.2) is 0 Å². The lowest BCUT2D eigenvalue weighted by Gasteiger charge is -1.95. The lowest BCUT2D eigenvalue weighted by Crippen LogP contribution is -2.11. The Balaban J connectivity index is 3.10. The molecular formula is C5H10N2S2. The average Bonchev–Trinajstić information content (AvgIpc) is 1.63. The maximum atomic E-state index is 5.23. The highest BCUT2D eigenvalue weighted by atomic mass is 32.1. The van der Waals surface area contributed by atoms with Crippen LogP contribution in [0, 0.1) is 0 Å². The van der Waals surface area contributed by atoms with Crippen molar-refractivity contribution in [1.29, 1.82) is 0 Å². The van der Waals surface area contributed by atoms with Crippen molar-refractivity contribution in [3.8, 4) is 0 Å². The molecule has 2 nitrogen and oxygen atoms in total. The highest BCUT2D eigenvalue weighted by Gasteiger charge is 1.91. The SMILES string of the molecule is NC(=S)CCCC(N)=S. The van der Waals surface area contributed by atoms with Crippen molar-refractivity contribution in [2.45, 2.75) is 19.3 Å². The Morgan fingerprint density at radius 2 is 1.33 bits per heavy atom. The maximum absolute atomic E-state index is 5.23. The van der Waals surface area contributed by atoms with Gasteiger partial charge in [-0.3, -0.25) is 0 Å². The van der Waals surface area contributed by atoms with E-state index in [4.69, 9.17) is 11.5 Å². The van der Waals surface area contributed by atoms with E-state index in [0.29, 0.717) is 9.98 Å². The van der Waals surface area contributed by atoms with Crippen molar-refractivity contribution in [2.24, 2.45) is 11.5 Å². The fourth-order valence-corrected chi connectivity index (χ4v) is 0.726. The predicted octanol–water partition coefficient (Wildman–Crippen LogP) is 0.729. The zero-order chi connectivity index (χ0) is 7.28. The Kier molecular flexibility index (Phi) is 4.53. The van der Waals surface area contributed by atoms with Crippen molar-refractivity contribution in [3.63, 3.8) is 0 Å². The standard InChI is InChI=1S/C5H10N2S2/c6-4(8)2-1-3-5(7)9/h1-3H2,(H2,6,8)(H2,7,9). The van der Waals surface area contributed by atoms with Crippen LogP contribution < -0.4 is 11.5 Å². The van der Waals surface area contributed by atoms with Crippen LogP contribution in [0.3, 0.4) is 0 Å². The van der Waals surface area contributed by atoms with Crippen LogP contribution in [0.15, 0.2) is 0 Å². The van der Waals surface area contributed by atoms with Gasteiger partial charge in [-0.2, -0.15) is 0 Å². The molecule has 0 atom stereocenters. The molecule has 0 aromatic rings. The third kappa shape index (κ3) is 7.78. The smallest absolute Gasteiger partial charge is 0.0727 e. The molecule has 0 amide bonds. The van der Waals surface area contributed by atoms with Gasteiger partial charge < -0.3 is 11.5 Å². The molecule has 4 heteroatoms. The molecule has 0 fully saturated rings. The van der Waals surface area contributed by atoms with Crippen LogP contribution in [-0.4, -0.2) is 9.98 Å². The summed E-state index contributed by atoms with van der Waals surface area (Å²) in [5.41, 5.74) is 10.5. The summed E-state index contributed by atoms with van der Waals surface area (Å²) in [7, 11) is 0. The lowest BCUT2D eigenvalue weighted by molar-refractivity contribution is 0.928. The fourth-order valence-electron chi connectivity index (χ4n) is 0.437. The van der Waals surface area contributed by atoms with Crippen molar-refractivity contribution < 1.29 is 0 Å². The molecule has 0 heterocycles. The van der Waals surface area contributed by atoms with Crippen molar-refractivity contribution in [2.75, 3.05) is 0 Å². The molecule has 0 bridgehead atoms. The molecule has 0 unspecified atom stereocenters.